The van der Waals surface area contributed by atoms with Crippen LogP contribution in [0.1, 0.15) is 78.6 Å². The van der Waals surface area contributed by atoms with E-state index in [1.807, 2.05) is 0 Å². The van der Waals surface area contributed by atoms with E-state index in [9.17, 15) is 0 Å². The van der Waals surface area contributed by atoms with Crippen molar-refractivity contribution in [3.05, 3.63) is 0 Å². The Morgan fingerprint density at radius 1 is 1.00 bits per heavy atom. The number of nitrogens with one attached hydrogen (secondary N) is 1. The van der Waals surface area contributed by atoms with Gasteiger partial charge in [0, 0.05) is 12.1 Å². The Morgan fingerprint density at radius 3 is 2.47 bits per heavy atom. The first-order valence-electron chi connectivity index (χ1n) is 7.85. The average Bonchev–Trinajstić information content (AvgIpc) is 2.51. The Kier molecular flexibility index (Phi) is 4.52. The molecule has 3 atom stereocenters. The number of hydrogen-bond donors (Lipinski definition) is 1. The Balaban J connectivity index is 1.76. The van der Waals surface area contributed by atoms with Gasteiger partial charge in [-0.3, -0.25) is 0 Å². The van der Waals surface area contributed by atoms with Crippen LogP contribution in [0.15, 0.2) is 0 Å². The predicted octanol–water partition coefficient (Wildman–Crippen LogP) is 4.51. The summed E-state index contributed by atoms with van der Waals surface area (Å²) < 4.78 is 0. The molecule has 1 nitrogen and oxygen atoms in total. The van der Waals surface area contributed by atoms with E-state index in [1.165, 1.54) is 57.8 Å². The topological polar surface area (TPSA) is 12.0 Å². The fourth-order valence-electron chi connectivity index (χ4n) is 3.87. The first kappa shape index (κ1) is 13.4. The molecule has 1 heteroatoms. The minimum Gasteiger partial charge on any atom is -0.311 e. The van der Waals surface area contributed by atoms with E-state index in [2.05, 4.69) is 26.1 Å². The smallest absolute Gasteiger partial charge is 0.00749 e. The summed E-state index contributed by atoms with van der Waals surface area (Å²) in [6.45, 7) is 7.21. The van der Waals surface area contributed by atoms with Crippen LogP contribution < -0.4 is 5.32 Å². The van der Waals surface area contributed by atoms with Gasteiger partial charge in [0.1, 0.15) is 0 Å². The highest BCUT2D eigenvalue weighted by Crippen LogP contribution is 2.37. The molecule has 0 amide bonds. The Labute approximate surface area is 108 Å². The summed E-state index contributed by atoms with van der Waals surface area (Å²) in [5, 5.41) is 3.96. The van der Waals surface area contributed by atoms with Crippen molar-refractivity contribution in [3.63, 3.8) is 0 Å². The third-order valence-electron chi connectivity index (χ3n) is 5.11. The van der Waals surface area contributed by atoms with Crippen molar-refractivity contribution in [2.24, 2.45) is 11.3 Å². The fraction of sp³-hybridized carbons (Fsp3) is 1.00. The molecule has 0 saturated heterocycles. The van der Waals surface area contributed by atoms with Gasteiger partial charge in [-0.15, -0.1) is 0 Å². The zero-order valence-electron chi connectivity index (χ0n) is 12.1. The van der Waals surface area contributed by atoms with Gasteiger partial charge in [-0.2, -0.15) is 0 Å². The number of hydrogen-bond acceptors (Lipinski definition) is 1. The van der Waals surface area contributed by atoms with Crippen LogP contribution in [0.3, 0.4) is 0 Å². The lowest BCUT2D eigenvalue weighted by molar-refractivity contribution is 0.339. The SMILES string of the molecule is CCC1CCCC(NC2CCC(C)(C)C2)CC1. The standard InChI is InChI=1S/C16H31N/c1-4-13-6-5-7-14(9-8-13)17-15-10-11-16(2,3)12-15/h13-15,17H,4-12H2,1-3H3. The summed E-state index contributed by atoms with van der Waals surface area (Å²) in [6.07, 6.45) is 12.8. The van der Waals surface area contributed by atoms with Crippen molar-refractivity contribution in [2.45, 2.75) is 90.6 Å². The molecule has 100 valence electrons. The largest absolute Gasteiger partial charge is 0.311 e. The summed E-state index contributed by atoms with van der Waals surface area (Å²) in [4.78, 5) is 0. The average molecular weight is 237 g/mol. The molecule has 0 aliphatic heterocycles. The first-order valence-corrected chi connectivity index (χ1v) is 7.85. The van der Waals surface area contributed by atoms with Crippen molar-refractivity contribution in [1.82, 2.24) is 5.32 Å². The molecular weight excluding hydrogens is 206 g/mol. The van der Waals surface area contributed by atoms with E-state index in [0.29, 0.717) is 5.41 Å². The van der Waals surface area contributed by atoms with Gasteiger partial charge >= 0.3 is 0 Å². The second kappa shape index (κ2) is 5.73. The summed E-state index contributed by atoms with van der Waals surface area (Å²) >= 11 is 0. The Morgan fingerprint density at radius 2 is 1.82 bits per heavy atom. The first-order chi connectivity index (χ1) is 8.09. The molecule has 0 aromatic carbocycles. The summed E-state index contributed by atoms with van der Waals surface area (Å²) in [6, 6.07) is 1.64. The zero-order valence-corrected chi connectivity index (χ0v) is 12.1. The molecule has 2 rings (SSSR count). The van der Waals surface area contributed by atoms with Crippen LogP contribution in [0.5, 0.6) is 0 Å². The highest BCUT2D eigenvalue weighted by molar-refractivity contribution is 4.88. The minimum atomic E-state index is 0.592. The van der Waals surface area contributed by atoms with E-state index in [1.54, 1.807) is 0 Å². The summed E-state index contributed by atoms with van der Waals surface area (Å²) in [5.74, 6) is 1.02. The van der Waals surface area contributed by atoms with Crippen LogP contribution >= 0.6 is 0 Å². The minimum absolute atomic E-state index is 0.592. The van der Waals surface area contributed by atoms with Crippen LogP contribution in [0.25, 0.3) is 0 Å². The molecule has 0 radical (unpaired) electrons. The molecule has 0 aromatic heterocycles. The zero-order chi connectivity index (χ0) is 12.3. The molecule has 2 saturated carbocycles. The lowest BCUT2D eigenvalue weighted by Crippen LogP contribution is -2.37. The molecule has 0 heterocycles. The molecule has 0 aromatic rings. The van der Waals surface area contributed by atoms with Gasteiger partial charge in [-0.05, 0) is 49.9 Å². The maximum Gasteiger partial charge on any atom is 0.00749 e. The third-order valence-corrected chi connectivity index (χ3v) is 5.11. The van der Waals surface area contributed by atoms with Crippen molar-refractivity contribution < 1.29 is 0 Å². The maximum absolute atomic E-state index is 3.96. The second-order valence-corrected chi connectivity index (χ2v) is 7.25. The van der Waals surface area contributed by atoms with E-state index in [4.69, 9.17) is 0 Å². The summed E-state index contributed by atoms with van der Waals surface area (Å²) in [5.41, 5.74) is 0.592. The van der Waals surface area contributed by atoms with Gasteiger partial charge < -0.3 is 5.32 Å². The van der Waals surface area contributed by atoms with Crippen LogP contribution in [-0.4, -0.2) is 12.1 Å². The van der Waals surface area contributed by atoms with Crippen LogP contribution in [0.4, 0.5) is 0 Å². The van der Waals surface area contributed by atoms with Crippen LogP contribution in [0.2, 0.25) is 0 Å². The number of rotatable bonds is 3. The van der Waals surface area contributed by atoms with Gasteiger partial charge in [-0.25, -0.2) is 0 Å². The second-order valence-electron chi connectivity index (χ2n) is 7.25. The molecule has 2 aliphatic rings. The Hall–Kier alpha value is -0.0400. The van der Waals surface area contributed by atoms with Gasteiger partial charge in [0.2, 0.25) is 0 Å². The molecule has 0 spiro atoms. The molecular formula is C16H31N. The van der Waals surface area contributed by atoms with Crippen LogP contribution in [-0.2, 0) is 0 Å². The van der Waals surface area contributed by atoms with Gasteiger partial charge in [-0.1, -0.05) is 40.0 Å². The van der Waals surface area contributed by atoms with Crippen LogP contribution in [0, 0.1) is 11.3 Å². The van der Waals surface area contributed by atoms with Crippen molar-refractivity contribution in [3.8, 4) is 0 Å². The van der Waals surface area contributed by atoms with E-state index >= 15 is 0 Å². The van der Waals surface area contributed by atoms with Crippen molar-refractivity contribution in [2.75, 3.05) is 0 Å². The monoisotopic (exact) mass is 237 g/mol. The normalized spacial score (nSPS) is 37.9. The highest BCUT2D eigenvalue weighted by Gasteiger charge is 2.32. The lowest BCUT2D eigenvalue weighted by Gasteiger charge is -2.23. The van der Waals surface area contributed by atoms with E-state index in [0.717, 1.165) is 18.0 Å². The van der Waals surface area contributed by atoms with Gasteiger partial charge in [0.05, 0.1) is 0 Å². The molecule has 3 unspecified atom stereocenters. The highest BCUT2D eigenvalue weighted by atomic mass is 15.0. The predicted molar refractivity (Wildman–Crippen MR) is 75.2 cm³/mol. The quantitative estimate of drug-likeness (QED) is 0.712. The summed E-state index contributed by atoms with van der Waals surface area (Å²) in [7, 11) is 0. The van der Waals surface area contributed by atoms with E-state index in [-0.39, 0.29) is 0 Å². The third kappa shape index (κ3) is 3.98. The molecule has 0 bridgehead atoms. The molecule has 2 aliphatic carbocycles. The van der Waals surface area contributed by atoms with E-state index < -0.39 is 0 Å². The molecule has 2 fully saturated rings. The van der Waals surface area contributed by atoms with Gasteiger partial charge in [0.15, 0.2) is 0 Å². The van der Waals surface area contributed by atoms with Crippen molar-refractivity contribution in [1.29, 1.82) is 0 Å². The molecule has 17 heavy (non-hydrogen) atoms. The van der Waals surface area contributed by atoms with Crippen molar-refractivity contribution >= 4 is 0 Å². The van der Waals surface area contributed by atoms with Gasteiger partial charge in [0.25, 0.3) is 0 Å². The molecule has 1 N–H and O–H groups in total. The lowest BCUT2D eigenvalue weighted by atomic mass is 9.91. The Bertz CT molecular complexity index is 234. The fourth-order valence-corrected chi connectivity index (χ4v) is 3.87. The maximum atomic E-state index is 3.96.